The number of unbranched alkanes of at least 4 members (excludes halogenated alkanes) is 16. The molecule has 3 aliphatic heterocycles. The molecule has 3 N–H and O–H groups in total. The fourth-order valence-corrected chi connectivity index (χ4v) is 7.58. The average Bonchev–Trinajstić information content (AvgIpc) is 3.75. The van der Waals surface area contributed by atoms with Crippen molar-refractivity contribution < 1.29 is 34.3 Å². The van der Waals surface area contributed by atoms with Crippen LogP contribution in [0.25, 0.3) is 0 Å². The lowest BCUT2D eigenvalue weighted by atomic mass is 9.95. The van der Waals surface area contributed by atoms with Crippen LogP contribution in [0.15, 0.2) is 0 Å². The molecule has 0 unspecified atom stereocenters. The van der Waals surface area contributed by atoms with Crippen molar-refractivity contribution in [1.29, 1.82) is 0 Å². The molecular formula is C37H68O7. The lowest BCUT2D eigenvalue weighted by molar-refractivity contribution is -0.143. The molecule has 3 aliphatic rings. The first-order valence-corrected chi connectivity index (χ1v) is 19.0. The van der Waals surface area contributed by atoms with Crippen LogP contribution in [0, 0.1) is 5.92 Å². The van der Waals surface area contributed by atoms with E-state index in [0.29, 0.717) is 0 Å². The Balaban J connectivity index is 1.11. The van der Waals surface area contributed by atoms with Gasteiger partial charge in [0.05, 0.1) is 42.5 Å². The van der Waals surface area contributed by atoms with Gasteiger partial charge < -0.3 is 29.5 Å². The Morgan fingerprint density at radius 2 is 1.05 bits per heavy atom. The molecular weight excluding hydrogens is 556 g/mol. The number of ether oxygens (including phenoxy) is 3. The second-order valence-electron chi connectivity index (χ2n) is 14.3. The summed E-state index contributed by atoms with van der Waals surface area (Å²) in [6.07, 6.45) is 26.3. The summed E-state index contributed by atoms with van der Waals surface area (Å²) in [4.78, 5) is 11.7. The van der Waals surface area contributed by atoms with Gasteiger partial charge in [-0.05, 0) is 51.9 Å². The predicted molar refractivity (Wildman–Crippen MR) is 175 cm³/mol. The molecule has 0 aliphatic carbocycles. The number of carbonyl (C=O) groups is 1. The zero-order valence-electron chi connectivity index (χ0n) is 28.3. The van der Waals surface area contributed by atoms with E-state index in [-0.39, 0.29) is 54.6 Å². The van der Waals surface area contributed by atoms with Gasteiger partial charge in [0.15, 0.2) is 0 Å². The number of cyclic esters (lactones) is 1. The SMILES string of the molecule is CCCCCCCCCC[C@H](O)[C@H]1CC[C@H]([C@H]2CC[C@H]([C@H](O)CCCCCCCCCCCC[C@@H]3C(=O)O[C@H](C)[C@@H]3O)O2)O1. The van der Waals surface area contributed by atoms with E-state index in [2.05, 4.69) is 6.92 Å². The smallest absolute Gasteiger partial charge is 0.312 e. The van der Waals surface area contributed by atoms with Gasteiger partial charge in [-0.1, -0.05) is 122 Å². The van der Waals surface area contributed by atoms with Gasteiger partial charge >= 0.3 is 5.97 Å². The van der Waals surface area contributed by atoms with E-state index >= 15 is 0 Å². The highest BCUT2D eigenvalue weighted by Gasteiger charge is 2.41. The first-order valence-electron chi connectivity index (χ1n) is 19.0. The highest BCUT2D eigenvalue weighted by Crippen LogP contribution is 2.35. The predicted octanol–water partition coefficient (Wildman–Crippen LogP) is 7.94. The van der Waals surface area contributed by atoms with Crippen LogP contribution in [0.2, 0.25) is 0 Å². The Labute approximate surface area is 269 Å². The van der Waals surface area contributed by atoms with Crippen molar-refractivity contribution >= 4 is 5.97 Å². The van der Waals surface area contributed by atoms with E-state index in [1.54, 1.807) is 6.92 Å². The molecule has 3 rings (SSSR count). The maximum atomic E-state index is 11.7. The minimum Gasteiger partial charge on any atom is -0.460 e. The summed E-state index contributed by atoms with van der Waals surface area (Å²) in [6, 6.07) is 0. The molecule has 0 spiro atoms. The van der Waals surface area contributed by atoms with Gasteiger partial charge in [-0.25, -0.2) is 0 Å². The number of esters is 1. The summed E-state index contributed by atoms with van der Waals surface area (Å²) in [6.45, 7) is 4.02. The van der Waals surface area contributed by atoms with Crippen molar-refractivity contribution in [2.45, 2.75) is 223 Å². The lowest BCUT2D eigenvalue weighted by Crippen LogP contribution is -2.33. The van der Waals surface area contributed by atoms with Crippen molar-refractivity contribution in [3.8, 4) is 0 Å². The minimum absolute atomic E-state index is 0.0554. The largest absolute Gasteiger partial charge is 0.460 e. The first kappa shape index (κ1) is 37.7. The maximum Gasteiger partial charge on any atom is 0.312 e. The third-order valence-electron chi connectivity index (χ3n) is 10.6. The van der Waals surface area contributed by atoms with Gasteiger partial charge in [-0.15, -0.1) is 0 Å². The molecule has 0 saturated carbocycles. The number of hydrogen-bond donors (Lipinski definition) is 3. The van der Waals surface area contributed by atoms with E-state index in [9.17, 15) is 20.1 Å². The second kappa shape index (κ2) is 22.0. The van der Waals surface area contributed by atoms with Crippen molar-refractivity contribution in [3.63, 3.8) is 0 Å². The standard InChI is InChI=1S/C37H68O7/c1-3-4-5-6-7-13-16-19-22-30(38)32-24-26-34(43-32)35-27-25-33(44-35)31(39)23-20-17-14-11-9-8-10-12-15-18-21-29-36(40)28(2)42-37(29)41/h28-36,38-40H,3-27H2,1-2H3/t28-,29+,30+,31-,32-,33-,34-,35-,36+/m1/s1. The Hall–Kier alpha value is -0.730. The number of aliphatic hydroxyl groups excluding tert-OH is 3. The van der Waals surface area contributed by atoms with Gasteiger partial charge in [0.2, 0.25) is 0 Å². The van der Waals surface area contributed by atoms with Gasteiger partial charge in [0, 0.05) is 0 Å². The monoisotopic (exact) mass is 624 g/mol. The van der Waals surface area contributed by atoms with Crippen LogP contribution >= 0.6 is 0 Å². The minimum atomic E-state index is -0.638. The molecule has 0 aromatic carbocycles. The maximum absolute atomic E-state index is 11.7. The third-order valence-corrected chi connectivity index (χ3v) is 10.6. The topological polar surface area (TPSA) is 105 Å². The lowest BCUT2D eigenvalue weighted by Gasteiger charge is -2.24. The van der Waals surface area contributed by atoms with Gasteiger partial charge in [0.25, 0.3) is 0 Å². The molecule has 0 radical (unpaired) electrons. The fourth-order valence-electron chi connectivity index (χ4n) is 7.58. The van der Waals surface area contributed by atoms with Crippen molar-refractivity contribution in [2.75, 3.05) is 0 Å². The summed E-state index contributed by atoms with van der Waals surface area (Å²) >= 11 is 0. The first-order chi connectivity index (χ1) is 21.4. The number of aliphatic hydroxyl groups is 3. The van der Waals surface area contributed by atoms with E-state index in [0.717, 1.165) is 77.0 Å². The van der Waals surface area contributed by atoms with Crippen LogP contribution in [-0.2, 0) is 19.0 Å². The summed E-state index contributed by atoms with van der Waals surface area (Å²) in [5.41, 5.74) is 0. The molecule has 3 heterocycles. The quantitative estimate of drug-likeness (QED) is 0.0699. The van der Waals surface area contributed by atoms with Crippen LogP contribution in [-0.4, -0.2) is 70.1 Å². The van der Waals surface area contributed by atoms with Crippen LogP contribution in [0.5, 0.6) is 0 Å². The van der Waals surface area contributed by atoms with E-state index < -0.39 is 6.10 Å². The molecule has 3 saturated heterocycles. The molecule has 9 atom stereocenters. The number of rotatable bonds is 25. The molecule has 258 valence electrons. The van der Waals surface area contributed by atoms with Crippen LogP contribution in [0.1, 0.15) is 174 Å². The molecule has 0 aromatic rings. The Kier molecular flexibility index (Phi) is 18.8. The van der Waals surface area contributed by atoms with Crippen molar-refractivity contribution in [3.05, 3.63) is 0 Å². The van der Waals surface area contributed by atoms with Gasteiger partial charge in [-0.2, -0.15) is 0 Å². The normalized spacial score (nSPS) is 30.2. The molecule has 7 heteroatoms. The Morgan fingerprint density at radius 1 is 0.636 bits per heavy atom. The summed E-state index contributed by atoms with van der Waals surface area (Å²) in [5, 5.41) is 31.5. The second-order valence-corrected chi connectivity index (χ2v) is 14.3. The summed E-state index contributed by atoms with van der Waals surface area (Å²) < 4.78 is 17.7. The molecule has 0 bridgehead atoms. The van der Waals surface area contributed by atoms with E-state index in [1.807, 2.05) is 0 Å². The highest BCUT2D eigenvalue weighted by molar-refractivity contribution is 5.75. The molecule has 44 heavy (non-hydrogen) atoms. The van der Waals surface area contributed by atoms with Crippen molar-refractivity contribution in [2.24, 2.45) is 5.92 Å². The highest BCUT2D eigenvalue weighted by atomic mass is 16.6. The zero-order chi connectivity index (χ0) is 31.6. The van der Waals surface area contributed by atoms with Crippen molar-refractivity contribution in [1.82, 2.24) is 0 Å². The third kappa shape index (κ3) is 13.6. The van der Waals surface area contributed by atoms with Crippen LogP contribution < -0.4 is 0 Å². The number of carbonyl (C=O) groups excluding carboxylic acids is 1. The molecule has 0 amide bonds. The average molecular weight is 625 g/mol. The fraction of sp³-hybridized carbons (Fsp3) is 0.973. The summed E-state index contributed by atoms with van der Waals surface area (Å²) in [5.74, 6) is -0.557. The summed E-state index contributed by atoms with van der Waals surface area (Å²) in [7, 11) is 0. The molecule has 0 aromatic heterocycles. The molecule has 7 nitrogen and oxygen atoms in total. The van der Waals surface area contributed by atoms with Crippen LogP contribution in [0.3, 0.4) is 0 Å². The molecule has 3 fully saturated rings. The van der Waals surface area contributed by atoms with E-state index in [4.69, 9.17) is 14.2 Å². The number of hydrogen-bond acceptors (Lipinski definition) is 7. The Morgan fingerprint density at radius 3 is 1.45 bits per heavy atom. The van der Waals surface area contributed by atoms with Gasteiger partial charge in [0.1, 0.15) is 12.2 Å². The van der Waals surface area contributed by atoms with Crippen LogP contribution in [0.4, 0.5) is 0 Å². The van der Waals surface area contributed by atoms with Gasteiger partial charge in [-0.3, -0.25) is 4.79 Å². The Bertz CT molecular complexity index is 747. The van der Waals surface area contributed by atoms with E-state index in [1.165, 1.54) is 83.5 Å². The zero-order valence-corrected chi connectivity index (χ0v) is 28.3.